The summed E-state index contributed by atoms with van der Waals surface area (Å²) in [5.41, 5.74) is 0.107. The van der Waals surface area contributed by atoms with Crippen molar-refractivity contribution in [3.8, 4) is 0 Å². The molecule has 0 amide bonds. The zero-order valence-electron chi connectivity index (χ0n) is 17.9. The van der Waals surface area contributed by atoms with Gasteiger partial charge in [-0.2, -0.15) is 13.2 Å². The number of rotatable bonds is 9. The number of hydrogen-bond donors (Lipinski definition) is 2. The molecule has 0 saturated carbocycles. The summed E-state index contributed by atoms with van der Waals surface area (Å²) >= 11 is 1.54. The van der Waals surface area contributed by atoms with Crippen LogP contribution in [0.25, 0.3) is 0 Å². The number of aliphatic imine (C=N–C) groups is 1. The lowest BCUT2D eigenvalue weighted by atomic mass is 10.2. The molecule has 2 heterocycles. The van der Waals surface area contributed by atoms with E-state index in [0.717, 1.165) is 16.8 Å². The van der Waals surface area contributed by atoms with Gasteiger partial charge in [0.15, 0.2) is 5.96 Å². The van der Waals surface area contributed by atoms with Crippen molar-refractivity contribution in [1.82, 2.24) is 20.2 Å². The van der Waals surface area contributed by atoms with Crippen molar-refractivity contribution in [2.45, 2.75) is 32.7 Å². The highest BCUT2D eigenvalue weighted by Gasteiger charge is 2.33. The van der Waals surface area contributed by atoms with E-state index in [-0.39, 0.29) is 49.0 Å². The van der Waals surface area contributed by atoms with Crippen molar-refractivity contribution in [2.24, 2.45) is 4.99 Å². The molecule has 0 fully saturated rings. The van der Waals surface area contributed by atoms with E-state index in [1.54, 1.807) is 7.11 Å². The van der Waals surface area contributed by atoms with Gasteiger partial charge >= 0.3 is 6.18 Å². The largest absolute Gasteiger partial charge is 0.419 e. The van der Waals surface area contributed by atoms with Gasteiger partial charge in [-0.1, -0.05) is 0 Å². The smallest absolute Gasteiger partial charge is 0.375 e. The molecular weight excluding hydrogens is 544 g/mol. The van der Waals surface area contributed by atoms with Gasteiger partial charge < -0.3 is 20.3 Å². The highest BCUT2D eigenvalue weighted by atomic mass is 127. The summed E-state index contributed by atoms with van der Waals surface area (Å²) in [6.45, 7) is 5.60. The Morgan fingerprint density at radius 3 is 2.77 bits per heavy atom. The standard InChI is InChI=1S/C19H27F3N6OS.HI/c1-5-23-18(28(3)11-14-12-30-17(27-14)13(2)29-4)26-10-9-25-16-15(19(20,21)22)7-6-8-24-16;/h6-8,12-13H,5,9-11H2,1-4H3,(H,23,26)(H,24,25);1H. The molecule has 0 aromatic carbocycles. The van der Waals surface area contributed by atoms with Crippen LogP contribution < -0.4 is 10.6 Å². The SMILES string of the molecule is CCNC(=NCCNc1ncccc1C(F)(F)F)N(C)Cc1csc(C(C)OC)n1.I. The number of nitrogens with one attached hydrogen (secondary N) is 2. The van der Waals surface area contributed by atoms with E-state index in [0.29, 0.717) is 19.0 Å². The van der Waals surface area contributed by atoms with Crippen molar-refractivity contribution in [3.05, 3.63) is 40.0 Å². The molecule has 0 radical (unpaired) electrons. The van der Waals surface area contributed by atoms with Crippen LogP contribution in [0.3, 0.4) is 0 Å². The number of alkyl halides is 3. The Hall–Kier alpha value is -1.67. The highest BCUT2D eigenvalue weighted by Crippen LogP contribution is 2.33. The van der Waals surface area contributed by atoms with Crippen molar-refractivity contribution in [2.75, 3.05) is 39.1 Å². The lowest BCUT2D eigenvalue weighted by Gasteiger charge is -2.21. The van der Waals surface area contributed by atoms with Crippen LogP contribution in [0, 0.1) is 0 Å². The molecule has 12 heteroatoms. The average molecular weight is 572 g/mol. The fraction of sp³-hybridized carbons (Fsp3) is 0.526. The topological polar surface area (TPSA) is 74.7 Å². The van der Waals surface area contributed by atoms with Gasteiger partial charge in [0, 0.05) is 38.8 Å². The van der Waals surface area contributed by atoms with E-state index in [2.05, 4.69) is 25.6 Å². The number of nitrogens with zero attached hydrogens (tertiary/aromatic N) is 4. The van der Waals surface area contributed by atoms with Crippen molar-refractivity contribution >= 4 is 47.1 Å². The molecule has 0 spiro atoms. The Kier molecular flexibility index (Phi) is 11.5. The molecule has 2 N–H and O–H groups in total. The molecule has 2 aromatic heterocycles. The Labute approximate surface area is 201 Å². The van der Waals surface area contributed by atoms with Crippen LogP contribution in [-0.4, -0.2) is 54.6 Å². The van der Waals surface area contributed by atoms with Crippen LogP contribution in [-0.2, 0) is 17.5 Å². The fourth-order valence-corrected chi connectivity index (χ4v) is 3.42. The van der Waals surface area contributed by atoms with Crippen LogP contribution in [0.15, 0.2) is 28.7 Å². The quantitative estimate of drug-likeness (QED) is 0.201. The number of thiazole rings is 1. The number of anilines is 1. The van der Waals surface area contributed by atoms with E-state index in [1.807, 2.05) is 31.2 Å². The molecule has 2 rings (SSSR count). The molecule has 0 aliphatic heterocycles. The Morgan fingerprint density at radius 1 is 1.39 bits per heavy atom. The molecule has 7 nitrogen and oxygen atoms in total. The van der Waals surface area contributed by atoms with Gasteiger partial charge in [-0.15, -0.1) is 35.3 Å². The number of halogens is 4. The first-order chi connectivity index (χ1) is 14.3. The normalized spacial score (nSPS) is 12.8. The summed E-state index contributed by atoms with van der Waals surface area (Å²) in [5, 5.41) is 8.78. The molecule has 0 saturated heterocycles. The Balaban J connectivity index is 0.00000480. The summed E-state index contributed by atoms with van der Waals surface area (Å²) in [5.74, 6) is 0.450. The fourth-order valence-electron chi connectivity index (χ4n) is 2.58. The minimum absolute atomic E-state index is 0. The molecule has 1 unspecified atom stereocenters. The molecule has 31 heavy (non-hydrogen) atoms. The van der Waals surface area contributed by atoms with E-state index in [4.69, 9.17) is 4.74 Å². The Morgan fingerprint density at radius 2 is 2.13 bits per heavy atom. The van der Waals surface area contributed by atoms with Crippen molar-refractivity contribution < 1.29 is 17.9 Å². The predicted molar refractivity (Wildman–Crippen MR) is 128 cm³/mol. The van der Waals surface area contributed by atoms with Crippen LogP contribution in [0.4, 0.5) is 19.0 Å². The minimum atomic E-state index is -4.46. The summed E-state index contributed by atoms with van der Waals surface area (Å²) in [6, 6.07) is 2.27. The van der Waals surface area contributed by atoms with Crippen LogP contribution in [0.1, 0.15) is 36.2 Å². The highest BCUT2D eigenvalue weighted by molar-refractivity contribution is 14.0. The second-order valence-electron chi connectivity index (χ2n) is 6.47. The van der Waals surface area contributed by atoms with Gasteiger partial charge in [0.2, 0.25) is 0 Å². The Bertz CT molecular complexity index is 833. The lowest BCUT2D eigenvalue weighted by molar-refractivity contribution is -0.137. The number of pyridine rings is 1. The molecule has 174 valence electrons. The lowest BCUT2D eigenvalue weighted by Crippen LogP contribution is -2.38. The first-order valence-electron chi connectivity index (χ1n) is 9.48. The molecular formula is C19H28F3IN6OS. The maximum absolute atomic E-state index is 13.0. The molecule has 0 aliphatic carbocycles. The average Bonchev–Trinajstić information content (AvgIpc) is 3.17. The van der Waals surface area contributed by atoms with E-state index >= 15 is 0 Å². The number of guanidine groups is 1. The second kappa shape index (κ2) is 13.0. The van der Waals surface area contributed by atoms with Crippen molar-refractivity contribution in [3.63, 3.8) is 0 Å². The minimum Gasteiger partial charge on any atom is -0.375 e. The van der Waals surface area contributed by atoms with Crippen LogP contribution >= 0.6 is 35.3 Å². The van der Waals surface area contributed by atoms with Crippen LogP contribution in [0.5, 0.6) is 0 Å². The summed E-state index contributed by atoms with van der Waals surface area (Å²) in [7, 11) is 3.53. The molecule has 0 aliphatic rings. The molecule has 0 bridgehead atoms. The third kappa shape index (κ3) is 8.41. The third-order valence-electron chi connectivity index (χ3n) is 4.15. The predicted octanol–water partition coefficient (Wildman–Crippen LogP) is 4.39. The van der Waals surface area contributed by atoms with E-state index < -0.39 is 11.7 Å². The number of ether oxygens (including phenoxy) is 1. The number of methoxy groups -OCH3 is 1. The molecule has 1 atom stereocenters. The van der Waals surface area contributed by atoms with Gasteiger partial charge in [0.1, 0.15) is 16.9 Å². The van der Waals surface area contributed by atoms with Gasteiger partial charge in [0.25, 0.3) is 0 Å². The molecule has 2 aromatic rings. The number of hydrogen-bond acceptors (Lipinski definition) is 6. The summed E-state index contributed by atoms with van der Waals surface area (Å²) < 4.78 is 44.4. The van der Waals surface area contributed by atoms with Crippen LogP contribution in [0.2, 0.25) is 0 Å². The van der Waals surface area contributed by atoms with Gasteiger partial charge in [-0.25, -0.2) is 9.97 Å². The van der Waals surface area contributed by atoms with Gasteiger partial charge in [-0.05, 0) is 26.0 Å². The van der Waals surface area contributed by atoms with Gasteiger partial charge in [0.05, 0.1) is 24.3 Å². The zero-order chi connectivity index (χ0) is 22.1. The maximum atomic E-state index is 13.0. The first kappa shape index (κ1) is 27.4. The second-order valence-corrected chi connectivity index (χ2v) is 7.36. The zero-order valence-corrected chi connectivity index (χ0v) is 21.0. The van der Waals surface area contributed by atoms with E-state index in [9.17, 15) is 13.2 Å². The first-order valence-corrected chi connectivity index (χ1v) is 10.4. The third-order valence-corrected chi connectivity index (χ3v) is 5.20. The van der Waals surface area contributed by atoms with Crippen molar-refractivity contribution in [1.29, 1.82) is 0 Å². The maximum Gasteiger partial charge on any atom is 0.419 e. The van der Waals surface area contributed by atoms with Gasteiger partial charge in [-0.3, -0.25) is 4.99 Å². The monoisotopic (exact) mass is 572 g/mol. The van der Waals surface area contributed by atoms with E-state index in [1.165, 1.54) is 23.6 Å². The summed E-state index contributed by atoms with van der Waals surface area (Å²) in [6.07, 6.45) is -3.19. The summed E-state index contributed by atoms with van der Waals surface area (Å²) in [4.78, 5) is 14.8. The number of aromatic nitrogens is 2.